The number of aromatic nitrogens is 2. The van der Waals surface area contributed by atoms with E-state index in [9.17, 15) is 24.6 Å². The molecule has 1 saturated heterocycles. The molecule has 0 radical (unpaired) electrons. The first-order chi connectivity index (χ1) is 10.5. The fourth-order valence-corrected chi connectivity index (χ4v) is 2.14. The van der Waals surface area contributed by atoms with Gasteiger partial charge in [0.05, 0.1) is 13.2 Å². The number of esters is 1. The van der Waals surface area contributed by atoms with E-state index < -0.39 is 42.3 Å². The molecule has 0 unspecified atom stereocenters. The topological polar surface area (TPSA) is 131 Å². The second-order valence-corrected chi connectivity index (χ2v) is 4.57. The van der Waals surface area contributed by atoms with E-state index in [0.717, 1.165) is 16.7 Å². The van der Waals surface area contributed by atoms with E-state index in [1.807, 2.05) is 4.98 Å². The van der Waals surface area contributed by atoms with Gasteiger partial charge in [-0.3, -0.25) is 14.3 Å². The zero-order valence-electron chi connectivity index (χ0n) is 11.8. The molecule has 1 aromatic rings. The van der Waals surface area contributed by atoms with Crippen LogP contribution < -0.4 is 11.2 Å². The lowest BCUT2D eigenvalue weighted by Crippen LogP contribution is -2.32. The van der Waals surface area contributed by atoms with Gasteiger partial charge in [0.2, 0.25) is 0 Å². The number of carbonyl (C=O) groups excluding carboxylic acids is 1. The van der Waals surface area contributed by atoms with Gasteiger partial charge in [-0.1, -0.05) is 0 Å². The Bertz CT molecular complexity index is 690. The monoisotopic (exact) mass is 312 g/mol. The molecule has 0 bridgehead atoms. The Labute approximate surface area is 124 Å². The van der Waals surface area contributed by atoms with Crippen LogP contribution in [0.15, 0.2) is 33.5 Å². The van der Waals surface area contributed by atoms with Gasteiger partial charge < -0.3 is 19.7 Å². The molecule has 0 amide bonds. The Kier molecular flexibility index (Phi) is 4.91. The number of H-pyrrole nitrogens is 1. The van der Waals surface area contributed by atoms with Crippen molar-refractivity contribution in [1.29, 1.82) is 0 Å². The second-order valence-electron chi connectivity index (χ2n) is 4.57. The first kappa shape index (κ1) is 16.1. The number of ether oxygens (including phenoxy) is 2. The van der Waals surface area contributed by atoms with E-state index in [-0.39, 0.29) is 12.2 Å². The van der Waals surface area contributed by atoms with Crippen LogP contribution in [0.25, 0.3) is 0 Å². The Morgan fingerprint density at radius 2 is 2.27 bits per heavy atom. The first-order valence-electron chi connectivity index (χ1n) is 6.62. The van der Waals surface area contributed by atoms with Crippen LogP contribution in [-0.2, 0) is 14.3 Å². The normalized spacial score (nSPS) is 26.3. The summed E-state index contributed by atoms with van der Waals surface area (Å²) in [4.78, 5) is 36.6. The second kappa shape index (κ2) is 6.69. The molecule has 22 heavy (non-hydrogen) atoms. The molecule has 2 heterocycles. The SMILES string of the molecule is CCOC(=O)/C=C1\[C@H](n2ccc(=O)[nH]c2=O)O[C@H](CO)[C@H]1O. The molecule has 0 aromatic carbocycles. The summed E-state index contributed by atoms with van der Waals surface area (Å²) in [6, 6.07) is 1.10. The molecule has 1 aliphatic rings. The molecule has 120 valence electrons. The highest BCUT2D eigenvalue weighted by atomic mass is 16.5. The van der Waals surface area contributed by atoms with Gasteiger partial charge in [0, 0.05) is 23.9 Å². The Balaban J connectivity index is 2.44. The lowest BCUT2D eigenvalue weighted by Gasteiger charge is -2.15. The zero-order valence-corrected chi connectivity index (χ0v) is 11.8. The molecule has 0 spiro atoms. The van der Waals surface area contributed by atoms with Crippen LogP contribution in [0.2, 0.25) is 0 Å². The number of aromatic amines is 1. The predicted molar refractivity (Wildman–Crippen MR) is 73.0 cm³/mol. The number of nitrogens with one attached hydrogen (secondary N) is 1. The molecule has 3 atom stereocenters. The van der Waals surface area contributed by atoms with Crippen molar-refractivity contribution in [2.45, 2.75) is 25.4 Å². The third kappa shape index (κ3) is 3.16. The zero-order chi connectivity index (χ0) is 16.3. The number of carbonyl (C=O) groups is 1. The number of aliphatic hydroxyl groups is 2. The highest BCUT2D eigenvalue weighted by molar-refractivity contribution is 5.83. The fourth-order valence-electron chi connectivity index (χ4n) is 2.14. The summed E-state index contributed by atoms with van der Waals surface area (Å²) in [5.41, 5.74) is -1.29. The Morgan fingerprint density at radius 1 is 1.55 bits per heavy atom. The maximum atomic E-state index is 11.8. The van der Waals surface area contributed by atoms with Gasteiger partial charge in [-0.15, -0.1) is 0 Å². The number of rotatable bonds is 4. The van der Waals surface area contributed by atoms with Crippen molar-refractivity contribution in [2.24, 2.45) is 0 Å². The molecule has 2 rings (SSSR count). The maximum absolute atomic E-state index is 11.8. The van der Waals surface area contributed by atoms with Gasteiger partial charge in [0.15, 0.2) is 6.23 Å². The molecule has 0 saturated carbocycles. The summed E-state index contributed by atoms with van der Waals surface area (Å²) >= 11 is 0. The van der Waals surface area contributed by atoms with Crippen LogP contribution >= 0.6 is 0 Å². The van der Waals surface area contributed by atoms with Gasteiger partial charge in [-0.05, 0) is 6.92 Å². The van der Waals surface area contributed by atoms with E-state index in [0.29, 0.717) is 0 Å². The van der Waals surface area contributed by atoms with Crippen molar-refractivity contribution in [1.82, 2.24) is 9.55 Å². The largest absolute Gasteiger partial charge is 0.463 e. The van der Waals surface area contributed by atoms with Crippen LogP contribution in [0, 0.1) is 0 Å². The van der Waals surface area contributed by atoms with E-state index in [2.05, 4.69) is 0 Å². The predicted octanol–water partition coefficient (Wildman–Crippen LogP) is -1.72. The number of hydrogen-bond acceptors (Lipinski definition) is 7. The van der Waals surface area contributed by atoms with Crippen LogP contribution in [0.5, 0.6) is 0 Å². The van der Waals surface area contributed by atoms with E-state index in [1.165, 1.54) is 6.20 Å². The molecule has 1 aliphatic heterocycles. The van der Waals surface area contributed by atoms with Crippen LogP contribution in [0.3, 0.4) is 0 Å². The third-order valence-electron chi connectivity index (χ3n) is 3.14. The van der Waals surface area contributed by atoms with Gasteiger partial charge in [-0.2, -0.15) is 0 Å². The van der Waals surface area contributed by atoms with Crippen LogP contribution in [-0.4, -0.2) is 51.2 Å². The van der Waals surface area contributed by atoms with E-state index in [4.69, 9.17) is 9.47 Å². The van der Waals surface area contributed by atoms with E-state index in [1.54, 1.807) is 6.92 Å². The van der Waals surface area contributed by atoms with Crippen molar-refractivity contribution in [3.63, 3.8) is 0 Å². The Morgan fingerprint density at radius 3 is 2.86 bits per heavy atom. The number of nitrogens with zero attached hydrogens (tertiary/aromatic N) is 1. The molecule has 9 nitrogen and oxygen atoms in total. The summed E-state index contributed by atoms with van der Waals surface area (Å²) in [6.07, 6.45) is -1.20. The van der Waals surface area contributed by atoms with Gasteiger partial charge in [0.25, 0.3) is 5.56 Å². The minimum absolute atomic E-state index is 0.0617. The molecular formula is C13H16N2O7. The molecule has 3 N–H and O–H groups in total. The van der Waals surface area contributed by atoms with E-state index >= 15 is 0 Å². The minimum atomic E-state index is -1.28. The number of hydrogen-bond donors (Lipinski definition) is 3. The van der Waals surface area contributed by atoms with Crippen LogP contribution in [0.4, 0.5) is 0 Å². The minimum Gasteiger partial charge on any atom is -0.463 e. The average Bonchev–Trinajstić information content (AvgIpc) is 2.76. The summed E-state index contributed by atoms with van der Waals surface area (Å²) < 4.78 is 11.2. The third-order valence-corrected chi connectivity index (χ3v) is 3.14. The molecule has 9 heteroatoms. The Hall–Kier alpha value is -2.23. The first-order valence-corrected chi connectivity index (χ1v) is 6.62. The van der Waals surface area contributed by atoms with Crippen molar-refractivity contribution in [3.8, 4) is 0 Å². The summed E-state index contributed by atoms with van der Waals surface area (Å²) in [6.45, 7) is 1.26. The maximum Gasteiger partial charge on any atom is 0.330 e. The van der Waals surface area contributed by atoms with Crippen molar-refractivity contribution >= 4 is 5.97 Å². The molecule has 0 aliphatic carbocycles. The average molecular weight is 312 g/mol. The van der Waals surface area contributed by atoms with Crippen molar-refractivity contribution in [3.05, 3.63) is 44.8 Å². The van der Waals surface area contributed by atoms with Gasteiger partial charge in [-0.25, -0.2) is 9.59 Å². The van der Waals surface area contributed by atoms with Crippen molar-refractivity contribution in [2.75, 3.05) is 13.2 Å². The van der Waals surface area contributed by atoms with Gasteiger partial charge >= 0.3 is 11.7 Å². The summed E-state index contributed by atoms with van der Waals surface area (Å²) in [7, 11) is 0. The van der Waals surface area contributed by atoms with Gasteiger partial charge in [0.1, 0.15) is 12.2 Å². The quantitative estimate of drug-likeness (QED) is 0.445. The van der Waals surface area contributed by atoms with Crippen LogP contribution in [0.1, 0.15) is 13.2 Å². The lowest BCUT2D eigenvalue weighted by molar-refractivity contribution is -0.137. The molecule has 1 fully saturated rings. The number of aliphatic hydroxyl groups excluding tert-OH is 2. The molecule has 1 aromatic heterocycles. The standard InChI is InChI=1S/C13H16N2O7/c1-2-21-10(18)5-7-11(19)8(6-16)22-12(7)15-4-3-9(17)14-13(15)20/h3-5,8,11-12,16,19H,2,6H2,1H3,(H,14,17,20)/b7-5-/t8-,11+,12-/m1/s1. The summed E-state index contributed by atoms with van der Waals surface area (Å²) in [5.74, 6) is -0.707. The van der Waals surface area contributed by atoms with Crippen molar-refractivity contribution < 1.29 is 24.5 Å². The molecular weight excluding hydrogens is 296 g/mol. The summed E-state index contributed by atoms with van der Waals surface area (Å²) in [5, 5.41) is 19.3. The lowest BCUT2D eigenvalue weighted by atomic mass is 10.1. The smallest absolute Gasteiger partial charge is 0.330 e. The fraction of sp³-hybridized carbons (Fsp3) is 0.462. The highest BCUT2D eigenvalue weighted by Crippen LogP contribution is 2.33. The highest BCUT2D eigenvalue weighted by Gasteiger charge is 2.40.